The second kappa shape index (κ2) is 7.18. The fourth-order valence-corrected chi connectivity index (χ4v) is 3.62. The molecule has 3 rings (SSSR count). The smallest absolute Gasteiger partial charge is 0.115 e. The third-order valence-corrected chi connectivity index (χ3v) is 5.16. The average molecular weight is 309 g/mol. The topological polar surface area (TPSA) is 23.5 Å². The lowest BCUT2D eigenvalue weighted by molar-refractivity contribution is 0.158. The van der Waals surface area contributed by atoms with Crippen LogP contribution in [-0.2, 0) is 19.4 Å². The van der Waals surface area contributed by atoms with Crippen LogP contribution in [0, 0.1) is 5.92 Å². The third-order valence-electron chi connectivity index (χ3n) is 5.16. The molecule has 2 nitrogen and oxygen atoms in total. The number of phenolic OH excluding ortho intramolecular Hbond substituents is 1. The molecule has 2 atom stereocenters. The van der Waals surface area contributed by atoms with Crippen LogP contribution in [0.3, 0.4) is 0 Å². The molecule has 1 aliphatic rings. The molecule has 0 bridgehead atoms. The second-order valence-electron chi connectivity index (χ2n) is 6.90. The van der Waals surface area contributed by atoms with Crippen LogP contribution >= 0.6 is 0 Å². The summed E-state index contributed by atoms with van der Waals surface area (Å²) in [5.41, 5.74) is 4.32. The number of fused-ring (bicyclic) bond motifs is 1. The predicted molar refractivity (Wildman–Crippen MR) is 95.6 cm³/mol. The van der Waals surface area contributed by atoms with E-state index in [1.807, 2.05) is 12.1 Å². The molecule has 1 N–H and O–H groups in total. The highest BCUT2D eigenvalue weighted by Gasteiger charge is 2.23. The van der Waals surface area contributed by atoms with E-state index in [0.717, 1.165) is 19.5 Å². The third kappa shape index (κ3) is 3.94. The Balaban J connectivity index is 1.82. The van der Waals surface area contributed by atoms with Crippen molar-refractivity contribution in [3.8, 4) is 5.75 Å². The van der Waals surface area contributed by atoms with E-state index in [4.69, 9.17) is 0 Å². The maximum Gasteiger partial charge on any atom is 0.115 e. The molecular weight excluding hydrogens is 282 g/mol. The molecule has 1 aliphatic heterocycles. The molecule has 2 heteroatoms. The number of hydrogen-bond acceptors (Lipinski definition) is 2. The summed E-state index contributed by atoms with van der Waals surface area (Å²) in [6.07, 6.45) is 3.52. The van der Waals surface area contributed by atoms with Crippen molar-refractivity contribution in [1.82, 2.24) is 4.90 Å². The van der Waals surface area contributed by atoms with E-state index in [1.54, 1.807) is 12.1 Å². The van der Waals surface area contributed by atoms with Gasteiger partial charge in [-0.05, 0) is 54.5 Å². The number of rotatable bonds is 3. The molecule has 23 heavy (non-hydrogen) atoms. The van der Waals surface area contributed by atoms with Gasteiger partial charge < -0.3 is 5.11 Å². The Hall–Kier alpha value is -1.80. The molecule has 0 aliphatic carbocycles. The summed E-state index contributed by atoms with van der Waals surface area (Å²) in [5, 5.41) is 9.47. The van der Waals surface area contributed by atoms with E-state index in [9.17, 15) is 5.11 Å². The van der Waals surface area contributed by atoms with Gasteiger partial charge in [0, 0.05) is 19.1 Å². The first-order chi connectivity index (χ1) is 11.2. The summed E-state index contributed by atoms with van der Waals surface area (Å²) in [7, 11) is 0. The summed E-state index contributed by atoms with van der Waals surface area (Å²) in [5.74, 6) is 1.05. The van der Waals surface area contributed by atoms with Crippen LogP contribution < -0.4 is 0 Å². The monoisotopic (exact) mass is 309 g/mol. The van der Waals surface area contributed by atoms with Gasteiger partial charge in [0.2, 0.25) is 0 Å². The zero-order valence-electron chi connectivity index (χ0n) is 14.2. The van der Waals surface area contributed by atoms with Gasteiger partial charge >= 0.3 is 0 Å². The lowest BCUT2D eigenvalue weighted by atomic mass is 9.88. The molecule has 1 heterocycles. The van der Waals surface area contributed by atoms with Gasteiger partial charge in [0.25, 0.3) is 0 Å². The van der Waals surface area contributed by atoms with Crippen LogP contribution in [0.25, 0.3) is 0 Å². The molecule has 0 spiro atoms. The van der Waals surface area contributed by atoms with Crippen molar-refractivity contribution in [2.45, 2.75) is 45.7 Å². The van der Waals surface area contributed by atoms with Crippen molar-refractivity contribution in [3.05, 3.63) is 65.2 Å². The molecule has 2 aromatic rings. The van der Waals surface area contributed by atoms with Crippen molar-refractivity contribution in [2.75, 3.05) is 6.54 Å². The van der Waals surface area contributed by atoms with Crippen molar-refractivity contribution < 1.29 is 5.11 Å². The highest BCUT2D eigenvalue weighted by Crippen LogP contribution is 2.25. The molecule has 0 amide bonds. The maximum absolute atomic E-state index is 9.47. The fraction of sp³-hybridized carbons (Fsp3) is 0.429. The molecule has 122 valence electrons. The quantitative estimate of drug-likeness (QED) is 0.908. The number of aromatic hydroxyl groups is 1. The van der Waals surface area contributed by atoms with Gasteiger partial charge in [0.05, 0.1) is 0 Å². The molecule has 1 unspecified atom stereocenters. The summed E-state index contributed by atoms with van der Waals surface area (Å²) in [6.45, 7) is 6.75. The van der Waals surface area contributed by atoms with Gasteiger partial charge in [0.1, 0.15) is 5.75 Å². The Morgan fingerprint density at radius 3 is 2.30 bits per heavy atom. The van der Waals surface area contributed by atoms with Crippen molar-refractivity contribution in [2.24, 2.45) is 5.92 Å². The van der Waals surface area contributed by atoms with Crippen molar-refractivity contribution in [3.63, 3.8) is 0 Å². The summed E-state index contributed by atoms with van der Waals surface area (Å²) in [4.78, 5) is 2.61. The van der Waals surface area contributed by atoms with E-state index < -0.39 is 0 Å². The lowest BCUT2D eigenvalue weighted by Gasteiger charge is -2.35. The van der Waals surface area contributed by atoms with Gasteiger partial charge in [-0.15, -0.1) is 0 Å². The molecule has 0 saturated carbocycles. The Morgan fingerprint density at radius 1 is 1.00 bits per heavy atom. The molecule has 0 fully saturated rings. The number of benzene rings is 2. The number of hydrogen-bond donors (Lipinski definition) is 1. The Bertz CT molecular complexity index is 635. The Morgan fingerprint density at radius 2 is 1.65 bits per heavy atom. The summed E-state index contributed by atoms with van der Waals surface area (Å²) >= 11 is 0. The number of nitrogens with zero attached hydrogens (tertiary/aromatic N) is 1. The van der Waals surface area contributed by atoms with Gasteiger partial charge in [0.15, 0.2) is 0 Å². The van der Waals surface area contributed by atoms with E-state index in [0.29, 0.717) is 17.7 Å². The standard InChI is InChI=1S/C21H27NO/c1-3-17-13-20-7-5-4-6-19(20)12-16(2)22(14-17)15-18-8-10-21(23)11-9-18/h4-11,16-17,23H,3,12-15H2,1-2H3/t16?,17-/m1/s1. The molecule has 0 saturated heterocycles. The molecule has 2 aromatic carbocycles. The molecule has 0 aromatic heterocycles. The summed E-state index contributed by atoms with van der Waals surface area (Å²) < 4.78 is 0. The average Bonchev–Trinajstić information content (AvgIpc) is 2.55. The first-order valence-electron chi connectivity index (χ1n) is 8.74. The largest absolute Gasteiger partial charge is 0.508 e. The minimum atomic E-state index is 0.342. The summed E-state index contributed by atoms with van der Waals surface area (Å²) in [6, 6.07) is 17.1. The zero-order valence-corrected chi connectivity index (χ0v) is 14.2. The van der Waals surface area contributed by atoms with Gasteiger partial charge in [-0.3, -0.25) is 4.90 Å². The zero-order chi connectivity index (χ0) is 16.2. The van der Waals surface area contributed by atoms with Crippen LogP contribution in [0.1, 0.15) is 37.0 Å². The molecule has 0 radical (unpaired) electrons. The Labute approximate surface area is 139 Å². The van der Waals surface area contributed by atoms with Crippen LogP contribution in [0.2, 0.25) is 0 Å². The minimum absolute atomic E-state index is 0.342. The normalized spacial score (nSPS) is 22.2. The second-order valence-corrected chi connectivity index (χ2v) is 6.90. The van der Waals surface area contributed by atoms with Gasteiger partial charge in [-0.25, -0.2) is 0 Å². The van der Waals surface area contributed by atoms with E-state index in [1.165, 1.54) is 29.5 Å². The highest BCUT2D eigenvalue weighted by molar-refractivity contribution is 5.29. The SMILES string of the molecule is CC[C@@H]1Cc2ccccc2CC(C)N(Cc2ccc(O)cc2)C1. The van der Waals surface area contributed by atoms with Crippen LogP contribution in [-0.4, -0.2) is 22.6 Å². The fourth-order valence-electron chi connectivity index (χ4n) is 3.62. The van der Waals surface area contributed by atoms with E-state index in [2.05, 4.69) is 43.0 Å². The number of phenols is 1. The lowest BCUT2D eigenvalue weighted by Crippen LogP contribution is -2.40. The van der Waals surface area contributed by atoms with Gasteiger partial charge in [-0.1, -0.05) is 49.7 Å². The predicted octanol–water partition coefficient (Wildman–Crippen LogP) is 4.41. The van der Waals surface area contributed by atoms with Crippen LogP contribution in [0.5, 0.6) is 5.75 Å². The first kappa shape index (κ1) is 16.1. The molecular formula is C21H27NO. The van der Waals surface area contributed by atoms with Gasteiger partial charge in [-0.2, -0.15) is 0 Å². The Kier molecular flexibility index (Phi) is 5.02. The van der Waals surface area contributed by atoms with Crippen molar-refractivity contribution in [1.29, 1.82) is 0 Å². The van der Waals surface area contributed by atoms with Crippen LogP contribution in [0.4, 0.5) is 0 Å². The van der Waals surface area contributed by atoms with E-state index in [-0.39, 0.29) is 0 Å². The first-order valence-corrected chi connectivity index (χ1v) is 8.74. The minimum Gasteiger partial charge on any atom is -0.508 e. The van der Waals surface area contributed by atoms with E-state index >= 15 is 0 Å². The van der Waals surface area contributed by atoms with Crippen LogP contribution in [0.15, 0.2) is 48.5 Å². The highest BCUT2D eigenvalue weighted by atomic mass is 16.3. The van der Waals surface area contributed by atoms with Crippen molar-refractivity contribution >= 4 is 0 Å². The maximum atomic E-state index is 9.47.